The number of hydrogen-bond donors (Lipinski definition) is 1. The summed E-state index contributed by atoms with van der Waals surface area (Å²) < 4.78 is 28.5. The minimum Gasteiger partial charge on any atom is -0.497 e. The van der Waals surface area contributed by atoms with Crippen molar-refractivity contribution in [1.29, 1.82) is 0 Å². The van der Waals surface area contributed by atoms with Crippen LogP contribution in [0, 0.1) is 0 Å². The number of ether oxygens (including phenoxy) is 1. The van der Waals surface area contributed by atoms with Crippen LogP contribution in [0.25, 0.3) is 0 Å². The van der Waals surface area contributed by atoms with Gasteiger partial charge in [0.15, 0.2) is 15.8 Å². The van der Waals surface area contributed by atoms with E-state index in [0.29, 0.717) is 6.54 Å². The molecule has 0 aliphatic carbocycles. The summed E-state index contributed by atoms with van der Waals surface area (Å²) in [7, 11) is -1.32. The van der Waals surface area contributed by atoms with Crippen molar-refractivity contribution in [3.05, 3.63) is 24.3 Å². The Morgan fingerprint density at radius 1 is 1.15 bits per heavy atom. The minimum atomic E-state index is -2.98. The van der Waals surface area contributed by atoms with Gasteiger partial charge in [-0.3, -0.25) is 4.99 Å². The molecule has 0 radical (unpaired) electrons. The van der Waals surface area contributed by atoms with Gasteiger partial charge < -0.3 is 19.9 Å². The van der Waals surface area contributed by atoms with Crippen LogP contribution >= 0.6 is 0 Å². The highest BCUT2D eigenvalue weighted by Gasteiger charge is 2.20. The van der Waals surface area contributed by atoms with Gasteiger partial charge in [0, 0.05) is 44.2 Å². The van der Waals surface area contributed by atoms with Crippen LogP contribution in [-0.4, -0.2) is 77.2 Å². The monoisotopic (exact) mass is 382 g/mol. The van der Waals surface area contributed by atoms with Crippen molar-refractivity contribution in [2.24, 2.45) is 4.99 Å². The molecule has 0 bridgehead atoms. The Labute approximate surface area is 157 Å². The lowest BCUT2D eigenvalue weighted by Crippen LogP contribution is -2.52. The van der Waals surface area contributed by atoms with Crippen LogP contribution in [0.4, 0.5) is 5.69 Å². The van der Waals surface area contributed by atoms with Crippen LogP contribution in [0.5, 0.6) is 5.75 Å². The first-order chi connectivity index (χ1) is 12.5. The zero-order valence-electron chi connectivity index (χ0n) is 15.9. The SMILES string of the molecule is CCNC(=NCCS(=O)(=O)CC)N1CCN(c2ccc(OC)cc2)CC1. The van der Waals surface area contributed by atoms with E-state index in [1.54, 1.807) is 14.0 Å². The van der Waals surface area contributed by atoms with Crippen molar-refractivity contribution in [3.63, 3.8) is 0 Å². The third kappa shape index (κ3) is 5.79. The Hall–Kier alpha value is -1.96. The summed E-state index contributed by atoms with van der Waals surface area (Å²) in [5, 5.41) is 3.27. The maximum Gasteiger partial charge on any atom is 0.194 e. The van der Waals surface area contributed by atoms with E-state index in [1.807, 2.05) is 19.1 Å². The van der Waals surface area contributed by atoms with Gasteiger partial charge in [-0.15, -0.1) is 0 Å². The van der Waals surface area contributed by atoms with Crippen LogP contribution in [0.15, 0.2) is 29.3 Å². The molecule has 1 heterocycles. The fourth-order valence-electron chi connectivity index (χ4n) is 2.83. The average Bonchev–Trinajstić information content (AvgIpc) is 2.67. The molecule has 0 unspecified atom stereocenters. The van der Waals surface area contributed by atoms with Crippen LogP contribution in [0.1, 0.15) is 13.8 Å². The number of anilines is 1. The highest BCUT2D eigenvalue weighted by Crippen LogP contribution is 2.20. The molecule has 7 nitrogen and oxygen atoms in total. The van der Waals surface area contributed by atoms with Crippen molar-refractivity contribution >= 4 is 21.5 Å². The largest absolute Gasteiger partial charge is 0.497 e. The number of aliphatic imine (C=N–C) groups is 1. The molecule has 1 N–H and O–H groups in total. The smallest absolute Gasteiger partial charge is 0.194 e. The lowest BCUT2D eigenvalue weighted by atomic mass is 10.2. The molecule has 1 aliphatic heterocycles. The zero-order valence-corrected chi connectivity index (χ0v) is 16.8. The highest BCUT2D eigenvalue weighted by molar-refractivity contribution is 7.91. The van der Waals surface area contributed by atoms with E-state index < -0.39 is 9.84 Å². The van der Waals surface area contributed by atoms with Crippen molar-refractivity contribution in [3.8, 4) is 5.75 Å². The van der Waals surface area contributed by atoms with E-state index in [4.69, 9.17) is 4.74 Å². The van der Waals surface area contributed by atoms with Gasteiger partial charge in [0.25, 0.3) is 0 Å². The van der Waals surface area contributed by atoms with Crippen LogP contribution < -0.4 is 15.0 Å². The summed E-state index contributed by atoms with van der Waals surface area (Å²) in [6.07, 6.45) is 0. The molecule has 8 heteroatoms. The molecular formula is C18H30N4O3S. The molecule has 0 atom stereocenters. The predicted octanol–water partition coefficient (Wildman–Crippen LogP) is 1.22. The number of piperazine rings is 1. The Morgan fingerprint density at radius 3 is 2.35 bits per heavy atom. The van der Waals surface area contributed by atoms with Gasteiger partial charge in [-0.1, -0.05) is 6.92 Å². The van der Waals surface area contributed by atoms with Crippen molar-refractivity contribution in [1.82, 2.24) is 10.2 Å². The van der Waals surface area contributed by atoms with Gasteiger partial charge in [-0.25, -0.2) is 8.42 Å². The zero-order chi connectivity index (χ0) is 19.0. The van der Waals surface area contributed by atoms with Gasteiger partial charge in [0.1, 0.15) is 5.75 Å². The van der Waals surface area contributed by atoms with Gasteiger partial charge in [0.05, 0.1) is 19.4 Å². The second-order valence-electron chi connectivity index (χ2n) is 6.14. The number of benzene rings is 1. The number of methoxy groups -OCH3 is 1. The molecule has 0 amide bonds. The van der Waals surface area contributed by atoms with Crippen LogP contribution in [-0.2, 0) is 9.84 Å². The first kappa shape index (κ1) is 20.4. The van der Waals surface area contributed by atoms with Crippen molar-refractivity contribution in [2.75, 3.05) is 62.8 Å². The van der Waals surface area contributed by atoms with Crippen LogP contribution in [0.3, 0.4) is 0 Å². The molecule has 0 spiro atoms. The fraction of sp³-hybridized carbons (Fsp3) is 0.611. The summed E-state index contributed by atoms with van der Waals surface area (Å²) in [4.78, 5) is 9.04. The Kier molecular flexibility index (Phi) is 7.56. The first-order valence-corrected chi connectivity index (χ1v) is 10.9. The molecule has 1 aromatic carbocycles. The molecule has 0 saturated carbocycles. The molecule has 1 aromatic rings. The number of rotatable bonds is 7. The Morgan fingerprint density at radius 2 is 1.81 bits per heavy atom. The summed E-state index contributed by atoms with van der Waals surface area (Å²) in [5.74, 6) is 1.92. The number of hydrogen-bond acceptors (Lipinski definition) is 5. The first-order valence-electron chi connectivity index (χ1n) is 9.11. The van der Waals surface area contributed by atoms with Gasteiger partial charge in [-0.2, -0.15) is 0 Å². The molecule has 1 fully saturated rings. The normalized spacial score (nSPS) is 15.9. The lowest BCUT2D eigenvalue weighted by Gasteiger charge is -2.37. The Bertz CT molecular complexity index is 681. The summed E-state index contributed by atoms with van der Waals surface area (Å²) in [6, 6.07) is 8.09. The maximum absolute atomic E-state index is 11.6. The standard InChI is InChI=1S/C18H30N4O3S/c1-4-19-18(20-10-15-26(23,24)5-2)22-13-11-21(12-14-22)16-6-8-17(25-3)9-7-16/h6-9H,4-5,10-15H2,1-3H3,(H,19,20). The van der Waals surface area contributed by atoms with Gasteiger partial charge in [0.2, 0.25) is 0 Å². The van der Waals surface area contributed by atoms with Crippen molar-refractivity contribution < 1.29 is 13.2 Å². The average molecular weight is 383 g/mol. The van der Waals surface area contributed by atoms with E-state index >= 15 is 0 Å². The van der Waals surface area contributed by atoms with E-state index in [9.17, 15) is 8.42 Å². The fourth-order valence-corrected chi connectivity index (χ4v) is 3.49. The maximum atomic E-state index is 11.6. The van der Waals surface area contributed by atoms with E-state index in [-0.39, 0.29) is 11.5 Å². The van der Waals surface area contributed by atoms with Gasteiger partial charge >= 0.3 is 0 Å². The molecule has 146 valence electrons. The van der Waals surface area contributed by atoms with Gasteiger partial charge in [-0.05, 0) is 31.2 Å². The number of nitrogens with one attached hydrogen (secondary N) is 1. The quantitative estimate of drug-likeness (QED) is 0.565. The number of guanidine groups is 1. The van der Waals surface area contributed by atoms with Crippen LogP contribution in [0.2, 0.25) is 0 Å². The molecule has 1 aliphatic rings. The van der Waals surface area contributed by atoms with Crippen molar-refractivity contribution in [2.45, 2.75) is 13.8 Å². The molecule has 26 heavy (non-hydrogen) atoms. The molecule has 1 saturated heterocycles. The topological polar surface area (TPSA) is 74.2 Å². The van der Waals surface area contributed by atoms with E-state index in [1.165, 1.54) is 5.69 Å². The Balaban J connectivity index is 1.93. The molecule has 0 aromatic heterocycles. The van der Waals surface area contributed by atoms with E-state index in [2.05, 4.69) is 32.2 Å². The second kappa shape index (κ2) is 9.66. The highest BCUT2D eigenvalue weighted by atomic mass is 32.2. The third-order valence-corrected chi connectivity index (χ3v) is 6.14. The third-order valence-electron chi connectivity index (χ3n) is 4.46. The number of nitrogens with zero attached hydrogens (tertiary/aromatic N) is 3. The summed E-state index contributed by atoms with van der Waals surface area (Å²) >= 11 is 0. The number of sulfone groups is 1. The minimum absolute atomic E-state index is 0.101. The molecular weight excluding hydrogens is 352 g/mol. The summed E-state index contributed by atoms with van der Waals surface area (Å²) in [5.41, 5.74) is 1.18. The second-order valence-corrected chi connectivity index (χ2v) is 8.62. The summed E-state index contributed by atoms with van der Waals surface area (Å²) in [6.45, 7) is 8.23. The predicted molar refractivity (Wildman–Crippen MR) is 107 cm³/mol. The lowest BCUT2D eigenvalue weighted by molar-refractivity contribution is 0.372. The molecule has 2 rings (SSSR count). The van der Waals surface area contributed by atoms with E-state index in [0.717, 1.165) is 44.4 Å².